The van der Waals surface area contributed by atoms with E-state index in [9.17, 15) is 9.59 Å². The van der Waals surface area contributed by atoms with Crippen molar-refractivity contribution >= 4 is 11.8 Å². The van der Waals surface area contributed by atoms with Gasteiger partial charge in [-0.2, -0.15) is 5.10 Å². The zero-order valence-corrected chi connectivity index (χ0v) is 13.3. The van der Waals surface area contributed by atoms with Crippen molar-refractivity contribution in [1.82, 2.24) is 20.4 Å². The van der Waals surface area contributed by atoms with Crippen LogP contribution in [0.1, 0.15) is 74.0 Å². The van der Waals surface area contributed by atoms with Gasteiger partial charge in [0.25, 0.3) is 5.91 Å². The standard InChI is InChI=1S/C16H24N4O2/c1-3-10(2)20-14(11-6-7-11)12(9-18-20)15(21)19-13-5-4-8-17-16(13)22/h9-11,13H,3-8H2,1-2H3,(H,17,22)(H,19,21). The minimum absolute atomic E-state index is 0.0816. The minimum atomic E-state index is -0.416. The SMILES string of the molecule is CCC(C)n1ncc(C(=O)NC2CCCNC2=O)c1C1CC1. The lowest BCUT2D eigenvalue weighted by Gasteiger charge is -2.23. The maximum atomic E-state index is 12.6. The summed E-state index contributed by atoms with van der Waals surface area (Å²) in [5.74, 6) is 0.192. The first-order valence-corrected chi connectivity index (χ1v) is 8.27. The maximum Gasteiger partial charge on any atom is 0.255 e. The van der Waals surface area contributed by atoms with E-state index in [0.717, 1.165) is 31.4 Å². The number of nitrogens with zero attached hydrogens (tertiary/aromatic N) is 2. The molecule has 0 bridgehead atoms. The predicted molar refractivity (Wildman–Crippen MR) is 82.7 cm³/mol. The highest BCUT2D eigenvalue weighted by Crippen LogP contribution is 2.42. The van der Waals surface area contributed by atoms with Crippen molar-refractivity contribution in [2.75, 3.05) is 6.54 Å². The Morgan fingerprint density at radius 1 is 1.50 bits per heavy atom. The summed E-state index contributed by atoms with van der Waals surface area (Å²) in [6.07, 6.45) is 6.48. The lowest BCUT2D eigenvalue weighted by Crippen LogP contribution is -2.50. The van der Waals surface area contributed by atoms with Crippen LogP contribution in [0, 0.1) is 0 Å². The van der Waals surface area contributed by atoms with Gasteiger partial charge in [0.2, 0.25) is 5.91 Å². The average Bonchev–Trinajstić information content (AvgIpc) is 3.26. The van der Waals surface area contributed by atoms with E-state index in [4.69, 9.17) is 0 Å². The third-order valence-corrected chi connectivity index (χ3v) is 4.64. The van der Waals surface area contributed by atoms with Gasteiger partial charge in [0, 0.05) is 18.5 Å². The first kappa shape index (κ1) is 15.1. The second-order valence-corrected chi connectivity index (χ2v) is 6.38. The maximum absolute atomic E-state index is 12.6. The van der Waals surface area contributed by atoms with Crippen molar-refractivity contribution in [2.45, 2.75) is 64.0 Å². The Kier molecular flexibility index (Phi) is 4.18. The molecule has 2 N–H and O–H groups in total. The van der Waals surface area contributed by atoms with Gasteiger partial charge in [-0.3, -0.25) is 14.3 Å². The molecule has 2 fully saturated rings. The zero-order valence-electron chi connectivity index (χ0n) is 13.3. The van der Waals surface area contributed by atoms with Crippen LogP contribution in [0.2, 0.25) is 0 Å². The van der Waals surface area contributed by atoms with Crippen molar-refractivity contribution in [2.24, 2.45) is 0 Å². The normalized spacial score (nSPS) is 23.0. The molecule has 1 aromatic rings. The molecule has 0 spiro atoms. The van der Waals surface area contributed by atoms with Crippen molar-refractivity contribution in [1.29, 1.82) is 0 Å². The Morgan fingerprint density at radius 3 is 2.91 bits per heavy atom. The quantitative estimate of drug-likeness (QED) is 0.870. The molecular weight excluding hydrogens is 280 g/mol. The first-order valence-electron chi connectivity index (χ1n) is 8.27. The van der Waals surface area contributed by atoms with E-state index in [1.54, 1.807) is 6.20 Å². The number of piperidine rings is 1. The van der Waals surface area contributed by atoms with Crippen molar-refractivity contribution in [3.8, 4) is 0 Å². The van der Waals surface area contributed by atoms with Gasteiger partial charge in [-0.05, 0) is 39.0 Å². The minimum Gasteiger partial charge on any atom is -0.354 e. The number of aromatic nitrogens is 2. The van der Waals surface area contributed by atoms with E-state index >= 15 is 0 Å². The van der Waals surface area contributed by atoms with Crippen molar-refractivity contribution in [3.63, 3.8) is 0 Å². The molecule has 22 heavy (non-hydrogen) atoms. The van der Waals surface area contributed by atoms with E-state index < -0.39 is 6.04 Å². The third kappa shape index (κ3) is 2.87. The van der Waals surface area contributed by atoms with Crippen LogP contribution in [0.4, 0.5) is 0 Å². The second-order valence-electron chi connectivity index (χ2n) is 6.38. The lowest BCUT2D eigenvalue weighted by molar-refractivity contribution is -0.124. The van der Waals surface area contributed by atoms with E-state index in [0.29, 0.717) is 24.4 Å². The summed E-state index contributed by atoms with van der Waals surface area (Å²) in [5.41, 5.74) is 1.68. The van der Waals surface area contributed by atoms with Crippen LogP contribution in [-0.4, -0.2) is 34.2 Å². The summed E-state index contributed by atoms with van der Waals surface area (Å²) in [6, 6.07) is -0.129. The van der Waals surface area contributed by atoms with Crippen molar-refractivity contribution < 1.29 is 9.59 Å². The fourth-order valence-electron chi connectivity index (χ4n) is 2.98. The van der Waals surface area contributed by atoms with Gasteiger partial charge < -0.3 is 10.6 Å². The molecule has 1 aliphatic carbocycles. The van der Waals surface area contributed by atoms with E-state index in [-0.39, 0.29) is 17.9 Å². The van der Waals surface area contributed by atoms with Crippen LogP contribution in [0.3, 0.4) is 0 Å². The molecule has 2 heterocycles. The van der Waals surface area contributed by atoms with E-state index in [1.807, 2.05) is 4.68 Å². The molecule has 120 valence electrons. The number of hydrogen-bond donors (Lipinski definition) is 2. The van der Waals surface area contributed by atoms with Gasteiger partial charge in [0.1, 0.15) is 6.04 Å². The lowest BCUT2D eigenvalue weighted by atomic mass is 10.1. The molecular formula is C16H24N4O2. The molecule has 2 amide bonds. The molecule has 1 saturated carbocycles. The van der Waals surface area contributed by atoms with Gasteiger partial charge in [0.05, 0.1) is 17.5 Å². The average molecular weight is 304 g/mol. The Morgan fingerprint density at radius 2 is 2.27 bits per heavy atom. The molecule has 0 radical (unpaired) electrons. The smallest absolute Gasteiger partial charge is 0.255 e. The van der Waals surface area contributed by atoms with Crippen LogP contribution in [0.25, 0.3) is 0 Å². The van der Waals surface area contributed by atoms with Gasteiger partial charge in [-0.1, -0.05) is 6.92 Å². The summed E-state index contributed by atoms with van der Waals surface area (Å²) in [6.45, 7) is 4.94. The van der Waals surface area contributed by atoms with E-state index in [2.05, 4.69) is 29.6 Å². The number of rotatable bonds is 5. The van der Waals surface area contributed by atoms with Gasteiger partial charge in [0.15, 0.2) is 0 Å². The molecule has 2 aliphatic rings. The highest BCUT2D eigenvalue weighted by molar-refractivity contribution is 5.98. The van der Waals surface area contributed by atoms with Crippen LogP contribution in [0.15, 0.2) is 6.20 Å². The topological polar surface area (TPSA) is 76.0 Å². The monoisotopic (exact) mass is 304 g/mol. The Bertz CT molecular complexity index is 577. The van der Waals surface area contributed by atoms with Crippen LogP contribution < -0.4 is 10.6 Å². The summed E-state index contributed by atoms with van der Waals surface area (Å²) >= 11 is 0. The first-order chi connectivity index (χ1) is 10.6. The van der Waals surface area contributed by atoms with Crippen LogP contribution in [0.5, 0.6) is 0 Å². The molecule has 1 aliphatic heterocycles. The van der Waals surface area contributed by atoms with Gasteiger partial charge in [-0.15, -0.1) is 0 Å². The Balaban J connectivity index is 1.80. The fraction of sp³-hybridized carbons (Fsp3) is 0.688. The number of carbonyl (C=O) groups is 2. The van der Waals surface area contributed by atoms with Crippen LogP contribution >= 0.6 is 0 Å². The van der Waals surface area contributed by atoms with Crippen LogP contribution in [-0.2, 0) is 4.79 Å². The molecule has 1 saturated heterocycles. The molecule has 0 aromatic carbocycles. The molecule has 1 aromatic heterocycles. The van der Waals surface area contributed by atoms with Gasteiger partial charge >= 0.3 is 0 Å². The predicted octanol–water partition coefficient (Wildman–Crippen LogP) is 1.74. The summed E-state index contributed by atoms with van der Waals surface area (Å²) in [7, 11) is 0. The zero-order chi connectivity index (χ0) is 15.7. The van der Waals surface area contributed by atoms with E-state index in [1.165, 1.54) is 0 Å². The fourth-order valence-corrected chi connectivity index (χ4v) is 2.98. The Hall–Kier alpha value is -1.85. The summed E-state index contributed by atoms with van der Waals surface area (Å²) in [5, 5.41) is 10.1. The number of carbonyl (C=O) groups excluding carboxylic acids is 2. The molecule has 6 nitrogen and oxygen atoms in total. The second kappa shape index (κ2) is 6.10. The highest BCUT2D eigenvalue weighted by Gasteiger charge is 2.34. The number of hydrogen-bond acceptors (Lipinski definition) is 3. The highest BCUT2D eigenvalue weighted by atomic mass is 16.2. The largest absolute Gasteiger partial charge is 0.354 e. The molecule has 3 rings (SSSR count). The van der Waals surface area contributed by atoms with Crippen molar-refractivity contribution in [3.05, 3.63) is 17.5 Å². The Labute approximate surface area is 130 Å². The summed E-state index contributed by atoms with van der Waals surface area (Å²) in [4.78, 5) is 24.4. The molecule has 2 atom stereocenters. The molecule has 2 unspecified atom stereocenters. The van der Waals surface area contributed by atoms with Gasteiger partial charge in [-0.25, -0.2) is 0 Å². The number of nitrogens with one attached hydrogen (secondary N) is 2. The molecule has 6 heteroatoms. The third-order valence-electron chi connectivity index (χ3n) is 4.64. The number of amides is 2. The summed E-state index contributed by atoms with van der Waals surface area (Å²) < 4.78 is 1.99.